The van der Waals surface area contributed by atoms with Crippen LogP contribution in [0.3, 0.4) is 0 Å². The van der Waals surface area contributed by atoms with Crippen molar-refractivity contribution in [2.45, 2.75) is 26.2 Å². The molecule has 1 aliphatic rings. The Morgan fingerprint density at radius 1 is 1.42 bits per heavy atom. The van der Waals surface area contributed by atoms with Gasteiger partial charge >= 0.3 is 0 Å². The van der Waals surface area contributed by atoms with E-state index in [1.165, 1.54) is 12.1 Å². The molecule has 6 heteroatoms. The Morgan fingerprint density at radius 3 is 2.58 bits per heavy atom. The van der Waals surface area contributed by atoms with Crippen molar-refractivity contribution in [3.8, 4) is 0 Å². The van der Waals surface area contributed by atoms with Gasteiger partial charge in [0, 0.05) is 17.8 Å². The number of benzene rings is 1. The first-order valence-electron chi connectivity index (χ1n) is 6.12. The molecule has 0 saturated heterocycles. The molecule has 0 aromatic heterocycles. The predicted octanol–water partition coefficient (Wildman–Crippen LogP) is 2.04. The van der Waals surface area contributed by atoms with Crippen molar-refractivity contribution in [2.75, 3.05) is 0 Å². The number of carbonyl (C=O) groups is 1. The summed E-state index contributed by atoms with van der Waals surface area (Å²) in [5, 5.41) is 14.5. The first-order chi connectivity index (χ1) is 9.06. The van der Waals surface area contributed by atoms with Crippen LogP contribution in [0.25, 0.3) is 0 Å². The molecule has 0 radical (unpaired) electrons. The molecule has 100 valence electrons. The van der Waals surface area contributed by atoms with Crippen molar-refractivity contribution in [3.05, 3.63) is 39.9 Å². The largest absolute Gasteiger partial charge is 0.273 e. The van der Waals surface area contributed by atoms with Gasteiger partial charge in [0.25, 0.3) is 5.69 Å². The van der Waals surface area contributed by atoms with E-state index >= 15 is 0 Å². The third-order valence-corrected chi connectivity index (χ3v) is 3.04. The molecule has 1 saturated carbocycles. The average Bonchev–Trinajstić information content (AvgIpc) is 3.21. The summed E-state index contributed by atoms with van der Waals surface area (Å²) in [4.78, 5) is 21.7. The first-order valence-corrected chi connectivity index (χ1v) is 6.12. The smallest absolute Gasteiger partial charge is 0.269 e. The van der Waals surface area contributed by atoms with Gasteiger partial charge in [0.15, 0.2) is 0 Å². The summed E-state index contributed by atoms with van der Waals surface area (Å²) >= 11 is 0. The van der Waals surface area contributed by atoms with E-state index in [1.807, 2.05) is 6.92 Å². The van der Waals surface area contributed by atoms with Gasteiger partial charge in [-0.2, -0.15) is 5.10 Å². The molecule has 1 amide bonds. The molecule has 1 aromatic rings. The van der Waals surface area contributed by atoms with E-state index in [2.05, 4.69) is 10.5 Å². The minimum Gasteiger partial charge on any atom is -0.273 e. The Hall–Kier alpha value is -2.24. The van der Waals surface area contributed by atoms with Crippen molar-refractivity contribution in [1.82, 2.24) is 5.43 Å². The second-order valence-corrected chi connectivity index (χ2v) is 4.66. The van der Waals surface area contributed by atoms with E-state index in [9.17, 15) is 14.9 Å². The van der Waals surface area contributed by atoms with Gasteiger partial charge in [0.1, 0.15) is 0 Å². The maximum atomic E-state index is 11.6. The lowest BCUT2D eigenvalue weighted by Gasteiger charge is -2.02. The summed E-state index contributed by atoms with van der Waals surface area (Å²) in [5.41, 5.74) is 4.20. The summed E-state index contributed by atoms with van der Waals surface area (Å²) in [5.74, 6) is 0.313. The van der Waals surface area contributed by atoms with Gasteiger partial charge in [-0.3, -0.25) is 14.9 Å². The van der Waals surface area contributed by atoms with Crippen LogP contribution in [0, 0.1) is 16.0 Å². The molecule has 19 heavy (non-hydrogen) atoms. The zero-order valence-electron chi connectivity index (χ0n) is 10.6. The van der Waals surface area contributed by atoms with E-state index in [0.29, 0.717) is 5.92 Å². The summed E-state index contributed by atoms with van der Waals surface area (Å²) in [6, 6.07) is 5.94. The van der Waals surface area contributed by atoms with Crippen LogP contribution in [-0.4, -0.2) is 16.5 Å². The Kier molecular flexibility index (Phi) is 3.89. The summed E-state index contributed by atoms with van der Waals surface area (Å²) in [6.45, 7) is 1.91. The number of non-ortho nitro benzene ring substituents is 1. The zero-order valence-corrected chi connectivity index (χ0v) is 10.6. The highest BCUT2D eigenvalue weighted by molar-refractivity contribution is 5.88. The lowest BCUT2D eigenvalue weighted by Crippen LogP contribution is -2.21. The maximum Gasteiger partial charge on any atom is 0.269 e. The number of nitrogens with zero attached hydrogens (tertiary/aromatic N) is 2. The van der Waals surface area contributed by atoms with Gasteiger partial charge in [-0.1, -0.05) is 12.1 Å². The van der Waals surface area contributed by atoms with Crippen molar-refractivity contribution in [3.63, 3.8) is 0 Å². The van der Waals surface area contributed by atoms with Gasteiger partial charge in [-0.25, -0.2) is 5.43 Å². The first kappa shape index (κ1) is 13.2. The highest BCUT2D eigenvalue weighted by atomic mass is 16.6. The van der Waals surface area contributed by atoms with Crippen LogP contribution >= 0.6 is 0 Å². The average molecular weight is 261 g/mol. The van der Waals surface area contributed by atoms with Crippen molar-refractivity contribution in [1.29, 1.82) is 0 Å². The lowest BCUT2D eigenvalue weighted by molar-refractivity contribution is -0.384. The van der Waals surface area contributed by atoms with Crippen molar-refractivity contribution in [2.24, 2.45) is 11.0 Å². The number of nitrogens with one attached hydrogen (secondary N) is 1. The third-order valence-electron chi connectivity index (χ3n) is 3.04. The maximum absolute atomic E-state index is 11.6. The highest BCUT2D eigenvalue weighted by Gasteiger charge is 2.24. The van der Waals surface area contributed by atoms with Gasteiger partial charge in [0.2, 0.25) is 5.91 Å². The number of nitro benzene ring substituents is 1. The summed E-state index contributed by atoms with van der Waals surface area (Å²) < 4.78 is 0. The van der Waals surface area contributed by atoms with Crippen LogP contribution in [0.1, 0.15) is 25.3 Å². The number of amides is 1. The fourth-order valence-electron chi connectivity index (χ4n) is 1.70. The van der Waals surface area contributed by atoms with Gasteiger partial charge in [-0.15, -0.1) is 0 Å². The molecule has 0 aliphatic heterocycles. The minimum atomic E-state index is -0.465. The molecule has 1 N–H and O–H groups in total. The number of nitro groups is 1. The molecule has 1 aromatic carbocycles. The van der Waals surface area contributed by atoms with E-state index in [-0.39, 0.29) is 18.0 Å². The Morgan fingerprint density at radius 2 is 2.05 bits per heavy atom. The molecule has 0 unspecified atom stereocenters. The number of rotatable bonds is 5. The number of carbonyl (C=O) groups excluding carboxylic acids is 1. The fourth-order valence-corrected chi connectivity index (χ4v) is 1.70. The molecule has 1 fully saturated rings. The summed E-state index contributed by atoms with van der Waals surface area (Å²) in [6.07, 6.45) is 2.46. The van der Waals surface area contributed by atoms with E-state index in [1.54, 1.807) is 12.1 Å². The van der Waals surface area contributed by atoms with Crippen molar-refractivity contribution < 1.29 is 9.72 Å². The Labute approximate surface area is 110 Å². The lowest BCUT2D eigenvalue weighted by atomic mass is 10.1. The van der Waals surface area contributed by atoms with Crippen LogP contribution in [0.5, 0.6) is 0 Å². The van der Waals surface area contributed by atoms with Gasteiger partial charge < -0.3 is 0 Å². The number of hydrogen-bond acceptors (Lipinski definition) is 4. The van der Waals surface area contributed by atoms with Gasteiger partial charge in [0.05, 0.1) is 11.3 Å². The van der Waals surface area contributed by atoms with Crippen molar-refractivity contribution >= 4 is 17.3 Å². The summed E-state index contributed by atoms with van der Waals surface area (Å²) in [7, 11) is 0. The zero-order chi connectivity index (χ0) is 13.8. The molecule has 2 rings (SSSR count). The third kappa shape index (κ3) is 3.87. The predicted molar refractivity (Wildman–Crippen MR) is 70.8 cm³/mol. The standard InChI is InChI=1S/C13H15N3O3/c1-9(11-4-5-11)14-15-13(17)8-10-2-6-12(7-3-10)16(18)19/h2-3,6-7,11H,4-5,8H2,1H3,(H,15,17)/b14-9-. The van der Waals surface area contributed by atoms with E-state index < -0.39 is 4.92 Å². The molecule has 6 nitrogen and oxygen atoms in total. The van der Waals surface area contributed by atoms with Crippen LogP contribution in [0.4, 0.5) is 5.69 Å². The fraction of sp³-hybridized carbons (Fsp3) is 0.385. The normalized spacial score (nSPS) is 15.1. The molecule has 0 bridgehead atoms. The number of hydrogen-bond donors (Lipinski definition) is 1. The number of hydrazone groups is 1. The molecule has 0 spiro atoms. The van der Waals surface area contributed by atoms with Gasteiger partial charge in [-0.05, 0) is 31.2 Å². The molecular formula is C13H15N3O3. The quantitative estimate of drug-likeness (QED) is 0.500. The second-order valence-electron chi connectivity index (χ2n) is 4.66. The molecule has 0 heterocycles. The Bertz CT molecular complexity index is 518. The SMILES string of the molecule is C/C(=N/NC(=O)Cc1ccc([N+](=O)[O-])cc1)C1CC1. The van der Waals surface area contributed by atoms with E-state index in [4.69, 9.17) is 0 Å². The molecule has 0 atom stereocenters. The highest BCUT2D eigenvalue weighted by Crippen LogP contribution is 2.30. The topological polar surface area (TPSA) is 84.6 Å². The van der Waals surface area contributed by atoms with E-state index in [0.717, 1.165) is 24.1 Å². The Balaban J connectivity index is 1.87. The minimum absolute atomic E-state index is 0.0201. The van der Waals surface area contributed by atoms with Crippen LogP contribution in [-0.2, 0) is 11.2 Å². The van der Waals surface area contributed by atoms with Crippen LogP contribution in [0.2, 0.25) is 0 Å². The van der Waals surface area contributed by atoms with Crippen LogP contribution in [0.15, 0.2) is 29.4 Å². The molecular weight excluding hydrogens is 246 g/mol. The monoisotopic (exact) mass is 261 g/mol. The second kappa shape index (κ2) is 5.60. The molecule has 1 aliphatic carbocycles. The van der Waals surface area contributed by atoms with Crippen LogP contribution < -0.4 is 5.43 Å².